The molecular formula is C69H43NO. The van der Waals surface area contributed by atoms with Crippen LogP contribution in [-0.2, 0) is 5.41 Å². The molecule has 2 aliphatic carbocycles. The first-order valence-electron chi connectivity index (χ1n) is 24.6. The molecule has 71 heavy (non-hydrogen) atoms. The molecule has 2 nitrogen and oxygen atoms in total. The van der Waals surface area contributed by atoms with E-state index in [1.54, 1.807) is 0 Å². The van der Waals surface area contributed by atoms with E-state index in [1.165, 1.54) is 82.7 Å². The van der Waals surface area contributed by atoms with Gasteiger partial charge >= 0.3 is 0 Å². The van der Waals surface area contributed by atoms with Crippen LogP contribution in [0.15, 0.2) is 265 Å². The van der Waals surface area contributed by atoms with E-state index >= 15 is 0 Å². The van der Waals surface area contributed by atoms with Crippen LogP contribution < -0.4 is 4.90 Å². The van der Waals surface area contributed by atoms with Crippen molar-refractivity contribution in [1.29, 1.82) is 0 Å². The highest BCUT2D eigenvalue weighted by Crippen LogP contribution is 2.63. The predicted octanol–water partition coefficient (Wildman–Crippen LogP) is 18.7. The zero-order valence-corrected chi connectivity index (χ0v) is 38.7. The Kier molecular flexibility index (Phi) is 8.61. The molecule has 0 bridgehead atoms. The molecule has 0 radical (unpaired) electrons. The molecule has 330 valence electrons. The van der Waals surface area contributed by atoms with Crippen molar-refractivity contribution < 1.29 is 4.42 Å². The number of benzene rings is 12. The second kappa shape index (κ2) is 15.4. The molecule has 13 aromatic rings. The number of hydrogen-bond acceptors (Lipinski definition) is 2. The Bertz CT molecular complexity index is 4220. The summed E-state index contributed by atoms with van der Waals surface area (Å²) >= 11 is 0. The van der Waals surface area contributed by atoms with Crippen molar-refractivity contribution in [3.8, 4) is 55.6 Å². The summed E-state index contributed by atoms with van der Waals surface area (Å²) in [4.78, 5) is 2.48. The minimum Gasteiger partial charge on any atom is -0.456 e. The fraction of sp³-hybridized carbons (Fsp3) is 0.0145. The Balaban J connectivity index is 0.929. The minimum absolute atomic E-state index is 0.480. The van der Waals surface area contributed by atoms with E-state index in [9.17, 15) is 0 Å². The van der Waals surface area contributed by atoms with Gasteiger partial charge in [0.2, 0.25) is 0 Å². The van der Waals surface area contributed by atoms with Crippen molar-refractivity contribution in [2.75, 3.05) is 4.90 Å². The zero-order chi connectivity index (χ0) is 46.6. The number of hydrogen-bond donors (Lipinski definition) is 0. The van der Waals surface area contributed by atoms with Crippen LogP contribution in [0.25, 0.3) is 99.1 Å². The average molecular weight is 902 g/mol. The van der Waals surface area contributed by atoms with Crippen LogP contribution in [0, 0.1) is 0 Å². The molecule has 1 heterocycles. The number of anilines is 3. The van der Waals surface area contributed by atoms with Crippen molar-refractivity contribution in [2.45, 2.75) is 5.41 Å². The molecule has 0 amide bonds. The third kappa shape index (κ3) is 5.83. The maximum absolute atomic E-state index is 6.68. The lowest BCUT2D eigenvalue weighted by atomic mass is 9.70. The summed E-state index contributed by atoms with van der Waals surface area (Å²) in [5, 5.41) is 7.10. The second-order valence-corrected chi connectivity index (χ2v) is 19.1. The van der Waals surface area contributed by atoms with E-state index in [0.29, 0.717) is 0 Å². The van der Waals surface area contributed by atoms with Gasteiger partial charge in [-0.3, -0.25) is 0 Å². The topological polar surface area (TPSA) is 16.4 Å². The molecule has 0 atom stereocenters. The maximum atomic E-state index is 6.68. The Hall–Kier alpha value is -9.24. The predicted molar refractivity (Wildman–Crippen MR) is 296 cm³/mol. The summed E-state index contributed by atoms with van der Waals surface area (Å²) in [6.07, 6.45) is 0. The van der Waals surface area contributed by atoms with Crippen LogP contribution in [0.2, 0.25) is 0 Å². The van der Waals surface area contributed by atoms with Crippen molar-refractivity contribution in [3.05, 3.63) is 283 Å². The van der Waals surface area contributed by atoms with Gasteiger partial charge in [-0.25, -0.2) is 0 Å². The van der Waals surface area contributed by atoms with Crippen LogP contribution >= 0.6 is 0 Å². The maximum Gasteiger partial charge on any atom is 0.136 e. The largest absolute Gasteiger partial charge is 0.456 e. The van der Waals surface area contributed by atoms with Gasteiger partial charge in [-0.05, 0) is 142 Å². The van der Waals surface area contributed by atoms with Crippen molar-refractivity contribution >= 4 is 60.5 Å². The smallest absolute Gasteiger partial charge is 0.136 e. The van der Waals surface area contributed by atoms with E-state index in [0.717, 1.165) is 55.7 Å². The SMILES string of the molecule is c1ccc(N(c2ccc(-c3ccc(-c4cccc5ccccc45)cc3)cc2)c2ccc3c(c2)C2(c4ccccc4-c4ccccc42)c2ccccc2-3)c(-c2cccc3oc4cc5ccccc5cc4c23)c1. The fourth-order valence-corrected chi connectivity index (χ4v) is 12.4. The fourth-order valence-electron chi connectivity index (χ4n) is 12.4. The van der Waals surface area contributed by atoms with Gasteiger partial charge in [0.1, 0.15) is 11.2 Å². The molecular weight excluding hydrogens is 859 g/mol. The highest BCUT2D eigenvalue weighted by molar-refractivity contribution is 6.17. The number of nitrogens with zero attached hydrogens (tertiary/aromatic N) is 1. The first kappa shape index (κ1) is 39.7. The molecule has 0 N–H and O–H groups in total. The van der Waals surface area contributed by atoms with E-state index in [1.807, 2.05) is 0 Å². The van der Waals surface area contributed by atoms with Gasteiger partial charge in [0.25, 0.3) is 0 Å². The zero-order valence-electron chi connectivity index (χ0n) is 38.7. The molecule has 0 fully saturated rings. The van der Waals surface area contributed by atoms with Gasteiger partial charge in [0.15, 0.2) is 0 Å². The third-order valence-electron chi connectivity index (χ3n) is 15.5. The van der Waals surface area contributed by atoms with E-state index in [4.69, 9.17) is 4.42 Å². The molecule has 1 spiro atoms. The molecule has 2 heteroatoms. The Morgan fingerprint density at radius 3 is 1.48 bits per heavy atom. The number of furan rings is 1. The first-order chi connectivity index (χ1) is 35.2. The number of fused-ring (bicyclic) bond motifs is 15. The summed E-state index contributed by atoms with van der Waals surface area (Å²) < 4.78 is 6.68. The molecule has 0 unspecified atom stereocenters. The minimum atomic E-state index is -0.480. The molecule has 0 saturated heterocycles. The molecule has 1 aromatic heterocycles. The molecule has 2 aliphatic rings. The van der Waals surface area contributed by atoms with Crippen molar-refractivity contribution in [2.24, 2.45) is 0 Å². The van der Waals surface area contributed by atoms with Gasteiger partial charge in [0.05, 0.1) is 11.1 Å². The summed E-state index contributed by atoms with van der Waals surface area (Å²) in [5.41, 5.74) is 22.0. The highest BCUT2D eigenvalue weighted by Gasteiger charge is 2.51. The van der Waals surface area contributed by atoms with Gasteiger partial charge in [-0.15, -0.1) is 0 Å². The second-order valence-electron chi connectivity index (χ2n) is 19.1. The molecule has 12 aromatic carbocycles. The summed E-state index contributed by atoms with van der Waals surface area (Å²) in [7, 11) is 0. The monoisotopic (exact) mass is 901 g/mol. The molecule has 15 rings (SSSR count). The Morgan fingerprint density at radius 2 is 0.775 bits per heavy atom. The standard InChI is InChI=1S/C69H43NO/c1-2-17-49-42-67-60(41-48(49)16-1)68-59(25-14-30-66(68)71-67)58-23-8-12-29-65(58)70(50-37-35-45(36-38-50)44-31-33-47(34-32-44)53-24-13-18-46-15-3-4-19-52(46)53)51-39-40-57-56-22-7-11-28-63(56)69(64(57)43-51)61-26-9-5-20-54(61)55-21-6-10-27-62(55)69/h1-43H. The Labute approximate surface area is 412 Å². The lowest BCUT2D eigenvalue weighted by Gasteiger charge is -2.32. The van der Waals surface area contributed by atoms with Gasteiger partial charge in [-0.2, -0.15) is 0 Å². The van der Waals surface area contributed by atoms with E-state index in [2.05, 4.69) is 266 Å². The summed E-state index contributed by atoms with van der Waals surface area (Å²) in [6, 6.07) is 96.1. The van der Waals surface area contributed by atoms with Gasteiger partial charge < -0.3 is 9.32 Å². The van der Waals surface area contributed by atoms with Crippen molar-refractivity contribution in [1.82, 2.24) is 0 Å². The highest BCUT2D eigenvalue weighted by atomic mass is 16.3. The molecule has 0 aliphatic heterocycles. The third-order valence-corrected chi connectivity index (χ3v) is 15.5. The quantitative estimate of drug-likeness (QED) is 0.165. The van der Waals surface area contributed by atoms with Crippen LogP contribution in [0.4, 0.5) is 17.1 Å². The Morgan fingerprint density at radius 1 is 0.282 bits per heavy atom. The lowest BCUT2D eigenvalue weighted by molar-refractivity contribution is 0.669. The first-order valence-corrected chi connectivity index (χ1v) is 24.6. The van der Waals surface area contributed by atoms with Gasteiger partial charge in [0, 0.05) is 27.7 Å². The van der Waals surface area contributed by atoms with E-state index in [-0.39, 0.29) is 0 Å². The number of rotatable bonds is 6. The number of para-hydroxylation sites is 1. The summed E-state index contributed by atoms with van der Waals surface area (Å²) in [6.45, 7) is 0. The van der Waals surface area contributed by atoms with E-state index < -0.39 is 5.41 Å². The summed E-state index contributed by atoms with van der Waals surface area (Å²) in [5.74, 6) is 0. The van der Waals surface area contributed by atoms with Gasteiger partial charge in [-0.1, -0.05) is 212 Å². The van der Waals surface area contributed by atoms with Crippen LogP contribution in [-0.4, -0.2) is 0 Å². The molecule has 0 saturated carbocycles. The lowest BCUT2D eigenvalue weighted by Crippen LogP contribution is -2.26. The van der Waals surface area contributed by atoms with Crippen molar-refractivity contribution in [3.63, 3.8) is 0 Å². The van der Waals surface area contributed by atoms with Crippen LogP contribution in [0.5, 0.6) is 0 Å². The van der Waals surface area contributed by atoms with Crippen LogP contribution in [0.3, 0.4) is 0 Å². The average Bonchev–Trinajstić information content (AvgIpc) is 4.07. The normalized spacial score (nSPS) is 12.9. The van der Waals surface area contributed by atoms with Crippen LogP contribution in [0.1, 0.15) is 22.3 Å².